The molecule has 4 rings (SSSR count). The highest BCUT2D eigenvalue weighted by Gasteiger charge is 2.15. The molecule has 5 nitrogen and oxygen atoms in total. The zero-order chi connectivity index (χ0) is 20.4. The Balaban J connectivity index is 1.94. The summed E-state index contributed by atoms with van der Waals surface area (Å²) in [6.07, 6.45) is 3.14. The minimum atomic E-state index is -0.258. The number of rotatable bonds is 3. The van der Waals surface area contributed by atoms with Crippen LogP contribution < -0.4 is 5.43 Å². The first kappa shape index (κ1) is 18.1. The highest BCUT2D eigenvalue weighted by molar-refractivity contribution is 5.87. The number of phenolic OH excluding ortho intramolecular Hbond substituents is 2. The van der Waals surface area contributed by atoms with Crippen LogP contribution in [0.1, 0.15) is 16.9 Å². The zero-order valence-corrected chi connectivity index (χ0v) is 15.2. The van der Waals surface area contributed by atoms with Crippen LogP contribution in [0.2, 0.25) is 0 Å². The zero-order valence-electron chi connectivity index (χ0n) is 15.2. The number of hydrogen-bond donors (Lipinski definition) is 2. The van der Waals surface area contributed by atoms with Crippen LogP contribution in [-0.2, 0) is 0 Å². The van der Waals surface area contributed by atoms with E-state index in [0.717, 1.165) is 0 Å². The molecule has 0 fully saturated rings. The summed E-state index contributed by atoms with van der Waals surface area (Å²) in [6.45, 7) is 0. The van der Waals surface area contributed by atoms with Crippen molar-refractivity contribution in [2.75, 3.05) is 0 Å². The average Bonchev–Trinajstić information content (AvgIpc) is 2.75. The lowest BCUT2D eigenvalue weighted by Crippen LogP contribution is -2.07. The molecular weight excluding hydrogens is 366 g/mol. The minimum absolute atomic E-state index is 0.198. The van der Waals surface area contributed by atoms with Crippen molar-refractivity contribution in [2.24, 2.45) is 0 Å². The molecule has 29 heavy (non-hydrogen) atoms. The quantitative estimate of drug-likeness (QED) is 0.492. The third-order valence-electron chi connectivity index (χ3n) is 4.59. The average molecular weight is 381 g/mol. The Kier molecular flexibility index (Phi) is 4.60. The number of phenols is 2. The summed E-state index contributed by atoms with van der Waals surface area (Å²) in [4.78, 5) is 13.2. The van der Waals surface area contributed by atoms with Gasteiger partial charge in [-0.15, -0.1) is 0 Å². The van der Waals surface area contributed by atoms with Gasteiger partial charge in [-0.05, 0) is 48.0 Å². The van der Waals surface area contributed by atoms with E-state index in [1.807, 2.05) is 0 Å². The third kappa shape index (κ3) is 3.35. The van der Waals surface area contributed by atoms with E-state index in [4.69, 9.17) is 9.68 Å². The lowest BCUT2D eigenvalue weighted by molar-refractivity contribution is 0.403. The summed E-state index contributed by atoms with van der Waals surface area (Å²) in [7, 11) is 0. The molecule has 5 heteroatoms. The molecule has 0 aliphatic rings. The van der Waals surface area contributed by atoms with Crippen molar-refractivity contribution < 1.29 is 14.6 Å². The molecule has 4 aromatic rings. The van der Waals surface area contributed by atoms with E-state index in [1.165, 1.54) is 6.07 Å². The first-order chi connectivity index (χ1) is 14.1. The number of aromatic hydroxyl groups is 2. The smallest absolute Gasteiger partial charge is 0.201 e. The fourth-order valence-electron chi connectivity index (χ4n) is 3.11. The summed E-state index contributed by atoms with van der Waals surface area (Å²) in [5, 5.41) is 29.2. The van der Waals surface area contributed by atoms with Crippen LogP contribution in [0.3, 0.4) is 0 Å². The number of hydrogen-bond acceptors (Lipinski definition) is 5. The van der Waals surface area contributed by atoms with Gasteiger partial charge in [0, 0.05) is 5.56 Å². The molecule has 0 saturated carbocycles. The molecule has 3 aromatic carbocycles. The Morgan fingerprint density at radius 1 is 0.897 bits per heavy atom. The van der Waals surface area contributed by atoms with Crippen molar-refractivity contribution in [3.05, 3.63) is 93.8 Å². The molecule has 0 bridgehead atoms. The predicted molar refractivity (Wildman–Crippen MR) is 111 cm³/mol. The van der Waals surface area contributed by atoms with Crippen molar-refractivity contribution in [1.82, 2.24) is 0 Å². The Labute approximate surface area is 166 Å². The monoisotopic (exact) mass is 381 g/mol. The molecule has 0 unspecified atom stereocenters. The molecule has 0 radical (unpaired) electrons. The number of fused-ring (bicyclic) bond motifs is 1. The van der Waals surface area contributed by atoms with Crippen LogP contribution in [0.25, 0.3) is 34.2 Å². The van der Waals surface area contributed by atoms with Gasteiger partial charge in [-0.1, -0.05) is 36.4 Å². The second kappa shape index (κ2) is 7.37. The summed E-state index contributed by atoms with van der Waals surface area (Å²) < 4.78 is 5.98. The maximum absolute atomic E-state index is 13.2. The molecule has 1 aromatic heterocycles. The van der Waals surface area contributed by atoms with E-state index in [1.54, 1.807) is 72.8 Å². The molecule has 1 heterocycles. The Morgan fingerprint density at radius 2 is 1.66 bits per heavy atom. The van der Waals surface area contributed by atoms with Crippen LogP contribution in [0, 0.1) is 11.3 Å². The summed E-state index contributed by atoms with van der Waals surface area (Å²) >= 11 is 0. The maximum Gasteiger partial charge on any atom is 0.201 e. The summed E-state index contributed by atoms with van der Waals surface area (Å²) in [5.41, 5.74) is 2.07. The van der Waals surface area contributed by atoms with E-state index in [2.05, 4.69) is 6.07 Å². The van der Waals surface area contributed by atoms with E-state index < -0.39 is 0 Å². The SMILES string of the molecule is N#Cc1ccc(-c2c(C=Cc3cccc(O)c3O)oc3ccccc3c2=O)cc1. The molecule has 0 spiro atoms. The van der Waals surface area contributed by atoms with Crippen LogP contribution in [0.15, 0.2) is 75.9 Å². The molecule has 0 saturated heterocycles. The van der Waals surface area contributed by atoms with Gasteiger partial charge in [-0.3, -0.25) is 4.79 Å². The van der Waals surface area contributed by atoms with Crippen molar-refractivity contribution in [1.29, 1.82) is 5.26 Å². The van der Waals surface area contributed by atoms with Gasteiger partial charge in [-0.2, -0.15) is 5.26 Å². The highest BCUT2D eigenvalue weighted by atomic mass is 16.3. The van der Waals surface area contributed by atoms with Crippen molar-refractivity contribution in [3.8, 4) is 28.7 Å². The fourth-order valence-corrected chi connectivity index (χ4v) is 3.11. The van der Waals surface area contributed by atoms with Gasteiger partial charge in [-0.25, -0.2) is 0 Å². The molecule has 0 aliphatic carbocycles. The number of para-hydroxylation sites is 2. The van der Waals surface area contributed by atoms with Crippen molar-refractivity contribution in [3.63, 3.8) is 0 Å². The Hall–Kier alpha value is -4.30. The van der Waals surface area contributed by atoms with E-state index in [0.29, 0.717) is 39.0 Å². The Bertz CT molecular complexity index is 1340. The maximum atomic E-state index is 13.2. The fraction of sp³-hybridized carbons (Fsp3) is 0. The third-order valence-corrected chi connectivity index (χ3v) is 4.59. The van der Waals surface area contributed by atoms with Gasteiger partial charge in [0.15, 0.2) is 11.5 Å². The minimum Gasteiger partial charge on any atom is -0.504 e. The van der Waals surface area contributed by atoms with Gasteiger partial charge in [0.05, 0.1) is 22.6 Å². The van der Waals surface area contributed by atoms with Crippen LogP contribution in [-0.4, -0.2) is 10.2 Å². The molecule has 0 atom stereocenters. The van der Waals surface area contributed by atoms with E-state index >= 15 is 0 Å². The standard InChI is InChI=1S/C24H15NO4/c25-14-15-8-10-16(11-9-15)22-21(13-12-17-4-3-6-19(26)23(17)27)29-20-7-2-1-5-18(20)24(22)28/h1-13,26-27H. The van der Waals surface area contributed by atoms with Crippen LogP contribution in [0.5, 0.6) is 11.5 Å². The molecule has 2 N–H and O–H groups in total. The second-order valence-electron chi connectivity index (χ2n) is 6.40. The van der Waals surface area contributed by atoms with E-state index in [9.17, 15) is 15.0 Å². The lowest BCUT2D eigenvalue weighted by Gasteiger charge is -2.08. The number of benzene rings is 3. The summed E-state index contributed by atoms with van der Waals surface area (Å²) in [5.74, 6) is -0.188. The number of nitriles is 1. The van der Waals surface area contributed by atoms with Gasteiger partial charge < -0.3 is 14.6 Å². The van der Waals surface area contributed by atoms with Gasteiger partial charge in [0.1, 0.15) is 11.3 Å². The molecule has 0 aliphatic heterocycles. The number of nitrogens with zero attached hydrogens (tertiary/aromatic N) is 1. The largest absolute Gasteiger partial charge is 0.504 e. The first-order valence-corrected chi connectivity index (χ1v) is 8.84. The van der Waals surface area contributed by atoms with Gasteiger partial charge in [0.2, 0.25) is 5.43 Å². The normalized spacial score (nSPS) is 11.0. The van der Waals surface area contributed by atoms with Crippen LogP contribution >= 0.6 is 0 Å². The predicted octanol–water partition coefficient (Wildman–Crippen LogP) is 4.91. The van der Waals surface area contributed by atoms with Gasteiger partial charge in [0.25, 0.3) is 0 Å². The molecular formula is C24H15NO4. The van der Waals surface area contributed by atoms with Crippen molar-refractivity contribution in [2.45, 2.75) is 0 Å². The molecule has 140 valence electrons. The Morgan fingerprint density at radius 3 is 2.41 bits per heavy atom. The van der Waals surface area contributed by atoms with Crippen molar-refractivity contribution >= 4 is 23.1 Å². The second-order valence-corrected chi connectivity index (χ2v) is 6.40. The highest BCUT2D eigenvalue weighted by Crippen LogP contribution is 2.31. The van der Waals surface area contributed by atoms with Gasteiger partial charge >= 0.3 is 0 Å². The lowest BCUT2D eigenvalue weighted by atomic mass is 10.00. The summed E-state index contributed by atoms with van der Waals surface area (Å²) in [6, 6.07) is 20.3. The van der Waals surface area contributed by atoms with E-state index in [-0.39, 0.29) is 16.9 Å². The van der Waals surface area contributed by atoms with Crippen LogP contribution in [0.4, 0.5) is 0 Å². The molecule has 0 amide bonds. The topological polar surface area (TPSA) is 94.5 Å². The first-order valence-electron chi connectivity index (χ1n) is 8.84.